The van der Waals surface area contributed by atoms with Crippen LogP contribution in [0.25, 0.3) is 0 Å². The molecule has 1 aliphatic rings. The van der Waals surface area contributed by atoms with Crippen molar-refractivity contribution in [1.29, 1.82) is 0 Å². The third-order valence-corrected chi connectivity index (χ3v) is 5.24. The number of hydrogen-bond acceptors (Lipinski definition) is 6. The van der Waals surface area contributed by atoms with E-state index in [1.54, 1.807) is 0 Å². The highest BCUT2D eigenvalue weighted by atomic mass is 32.1. The molecule has 1 N–H and O–H groups in total. The summed E-state index contributed by atoms with van der Waals surface area (Å²) in [6.45, 7) is 3.59. The molecule has 6 nitrogen and oxygen atoms in total. The molecule has 23 heavy (non-hydrogen) atoms. The van der Waals surface area contributed by atoms with E-state index in [9.17, 15) is 14.4 Å². The Morgan fingerprint density at radius 2 is 2.17 bits per heavy atom. The smallest absolute Gasteiger partial charge is 0.413 e. The largest absolute Gasteiger partial charge is 0.453 e. The molecule has 2 rings (SSSR count). The van der Waals surface area contributed by atoms with Gasteiger partial charge >= 0.3 is 12.1 Å². The third-order valence-electron chi connectivity index (χ3n) is 4.03. The molecule has 1 aromatic rings. The fourth-order valence-electron chi connectivity index (χ4n) is 2.57. The van der Waals surface area contributed by atoms with Gasteiger partial charge in [0.15, 0.2) is 6.10 Å². The molecular weight excluding hydrogens is 318 g/mol. The van der Waals surface area contributed by atoms with Gasteiger partial charge in [-0.25, -0.2) is 9.59 Å². The van der Waals surface area contributed by atoms with Crippen molar-refractivity contribution in [2.45, 2.75) is 45.6 Å². The van der Waals surface area contributed by atoms with Gasteiger partial charge in [-0.2, -0.15) is 0 Å². The van der Waals surface area contributed by atoms with Crippen LogP contribution < -0.4 is 5.32 Å². The molecule has 2 amide bonds. The zero-order valence-corrected chi connectivity index (χ0v) is 14.3. The minimum atomic E-state index is -1.07. The summed E-state index contributed by atoms with van der Waals surface area (Å²) in [7, 11) is 1.15. The average molecular weight is 339 g/mol. The maximum absolute atomic E-state index is 12.2. The van der Waals surface area contributed by atoms with Crippen LogP contribution in [0.15, 0.2) is 6.07 Å². The number of methoxy groups -OCH3 is 1. The topological polar surface area (TPSA) is 81.7 Å². The average Bonchev–Trinajstić information content (AvgIpc) is 2.97. The monoisotopic (exact) mass is 339 g/mol. The summed E-state index contributed by atoms with van der Waals surface area (Å²) in [5, 5.41) is 1.97. The van der Waals surface area contributed by atoms with Crippen LogP contribution in [-0.2, 0) is 27.1 Å². The van der Waals surface area contributed by atoms with Gasteiger partial charge in [0.2, 0.25) is 0 Å². The minimum absolute atomic E-state index is 0.504. The van der Waals surface area contributed by atoms with E-state index in [1.807, 2.05) is 11.4 Å². The molecule has 2 atom stereocenters. The molecule has 0 spiro atoms. The van der Waals surface area contributed by atoms with Crippen molar-refractivity contribution in [2.24, 2.45) is 5.92 Å². The Bertz CT molecular complexity index is 610. The molecule has 1 aliphatic carbocycles. The first-order valence-corrected chi connectivity index (χ1v) is 8.47. The molecule has 7 heteroatoms. The number of esters is 1. The zero-order chi connectivity index (χ0) is 17.0. The number of hydrogen-bond donors (Lipinski definition) is 1. The quantitative estimate of drug-likeness (QED) is 0.853. The normalized spacial score (nSPS) is 17.8. The van der Waals surface area contributed by atoms with Crippen LogP contribution in [0.5, 0.6) is 0 Å². The van der Waals surface area contributed by atoms with Gasteiger partial charge in [-0.1, -0.05) is 13.3 Å². The molecule has 0 saturated heterocycles. The Labute approximate surface area is 139 Å². The van der Waals surface area contributed by atoms with Crippen molar-refractivity contribution in [3.05, 3.63) is 21.4 Å². The van der Waals surface area contributed by atoms with Gasteiger partial charge in [-0.3, -0.25) is 10.1 Å². The Morgan fingerprint density at radius 3 is 2.83 bits per heavy atom. The molecule has 1 heterocycles. The van der Waals surface area contributed by atoms with Crippen LogP contribution in [-0.4, -0.2) is 31.2 Å². The molecule has 0 aliphatic heterocycles. The molecule has 1 aromatic heterocycles. The second-order valence-electron chi connectivity index (χ2n) is 5.60. The van der Waals surface area contributed by atoms with Gasteiger partial charge in [-0.15, -0.1) is 11.3 Å². The maximum Gasteiger partial charge on any atom is 0.413 e. The summed E-state index contributed by atoms with van der Waals surface area (Å²) in [5.74, 6) is -0.576. The number of fused-ring (bicyclic) bond motifs is 1. The number of alkyl carbamates (subject to hydrolysis) is 1. The predicted octanol–water partition coefficient (Wildman–Crippen LogP) is 2.69. The van der Waals surface area contributed by atoms with E-state index >= 15 is 0 Å². The highest BCUT2D eigenvalue weighted by molar-refractivity contribution is 7.14. The van der Waals surface area contributed by atoms with E-state index in [0.29, 0.717) is 10.8 Å². The van der Waals surface area contributed by atoms with E-state index in [-0.39, 0.29) is 0 Å². The first-order chi connectivity index (χ1) is 10.9. The number of amides is 2. The fraction of sp³-hybridized carbons (Fsp3) is 0.562. The molecule has 0 unspecified atom stereocenters. The van der Waals surface area contributed by atoms with Crippen LogP contribution in [0.4, 0.5) is 4.79 Å². The van der Waals surface area contributed by atoms with Crippen LogP contribution in [0.2, 0.25) is 0 Å². The zero-order valence-electron chi connectivity index (χ0n) is 13.5. The molecule has 0 aromatic carbocycles. The van der Waals surface area contributed by atoms with Crippen molar-refractivity contribution in [3.8, 4) is 0 Å². The summed E-state index contributed by atoms with van der Waals surface area (Å²) in [5.41, 5.74) is 1.21. The Balaban J connectivity index is 1.97. The SMILES string of the molecule is CC[C@@H]1CCc2sc(C(=O)O[C@@H](C)C(=O)NC(=O)OC)cc2C1. The van der Waals surface area contributed by atoms with Crippen LogP contribution in [0.1, 0.15) is 46.8 Å². The molecule has 0 bridgehead atoms. The lowest BCUT2D eigenvalue weighted by atomic mass is 9.87. The molecule has 0 fully saturated rings. The predicted molar refractivity (Wildman–Crippen MR) is 85.6 cm³/mol. The standard InChI is InChI=1S/C16H21NO5S/c1-4-10-5-6-12-11(7-10)8-13(23-12)15(19)22-9(2)14(18)17-16(20)21-3/h8-10H,4-7H2,1-3H3,(H,17,18,20)/t9-,10+/m0/s1. The lowest BCUT2D eigenvalue weighted by Gasteiger charge is -2.19. The summed E-state index contributed by atoms with van der Waals surface area (Å²) < 4.78 is 9.45. The lowest BCUT2D eigenvalue weighted by Crippen LogP contribution is -2.39. The number of aryl methyl sites for hydroxylation is 1. The number of thiophene rings is 1. The van der Waals surface area contributed by atoms with Crippen molar-refractivity contribution in [2.75, 3.05) is 7.11 Å². The van der Waals surface area contributed by atoms with Crippen molar-refractivity contribution in [3.63, 3.8) is 0 Å². The fourth-order valence-corrected chi connectivity index (χ4v) is 3.66. The summed E-state index contributed by atoms with van der Waals surface area (Å²) in [6.07, 6.45) is 2.33. The highest BCUT2D eigenvalue weighted by Crippen LogP contribution is 2.33. The molecule has 126 valence electrons. The Kier molecular flexibility index (Phi) is 5.76. The van der Waals surface area contributed by atoms with E-state index in [0.717, 1.165) is 32.8 Å². The minimum Gasteiger partial charge on any atom is -0.453 e. The Morgan fingerprint density at radius 1 is 1.43 bits per heavy atom. The first kappa shape index (κ1) is 17.5. The molecule has 0 radical (unpaired) electrons. The molecule has 0 saturated carbocycles. The number of carbonyl (C=O) groups excluding carboxylic acids is 3. The Hall–Kier alpha value is -1.89. The highest BCUT2D eigenvalue weighted by Gasteiger charge is 2.25. The number of imide groups is 1. The van der Waals surface area contributed by atoms with Crippen LogP contribution in [0, 0.1) is 5.92 Å². The first-order valence-electron chi connectivity index (χ1n) is 7.66. The molecular formula is C16H21NO5S. The van der Waals surface area contributed by atoms with Crippen LogP contribution in [0.3, 0.4) is 0 Å². The van der Waals surface area contributed by atoms with Gasteiger partial charge in [0.25, 0.3) is 5.91 Å². The second-order valence-corrected chi connectivity index (χ2v) is 6.74. The van der Waals surface area contributed by atoms with Crippen molar-refractivity contribution < 1.29 is 23.9 Å². The van der Waals surface area contributed by atoms with Crippen molar-refractivity contribution in [1.82, 2.24) is 5.32 Å². The maximum atomic E-state index is 12.2. The summed E-state index contributed by atoms with van der Waals surface area (Å²) >= 11 is 1.43. The third kappa shape index (κ3) is 4.31. The van der Waals surface area contributed by atoms with Gasteiger partial charge < -0.3 is 9.47 Å². The van der Waals surface area contributed by atoms with Crippen LogP contribution >= 0.6 is 11.3 Å². The number of carbonyl (C=O) groups is 3. The van der Waals surface area contributed by atoms with Gasteiger partial charge in [-0.05, 0) is 43.7 Å². The summed E-state index contributed by atoms with van der Waals surface area (Å²) in [6, 6.07) is 1.87. The number of nitrogens with one attached hydrogen (secondary N) is 1. The number of rotatable bonds is 4. The van der Waals surface area contributed by atoms with E-state index in [1.165, 1.54) is 28.7 Å². The van der Waals surface area contributed by atoms with Crippen molar-refractivity contribution >= 4 is 29.3 Å². The lowest BCUT2D eigenvalue weighted by molar-refractivity contribution is -0.128. The van der Waals surface area contributed by atoms with Gasteiger partial charge in [0.05, 0.1) is 7.11 Å². The van der Waals surface area contributed by atoms with Gasteiger partial charge in [0.1, 0.15) is 4.88 Å². The van der Waals surface area contributed by atoms with E-state index in [4.69, 9.17) is 4.74 Å². The second kappa shape index (κ2) is 7.59. The summed E-state index contributed by atoms with van der Waals surface area (Å²) in [4.78, 5) is 36.6. The van der Waals surface area contributed by atoms with E-state index in [2.05, 4.69) is 11.7 Å². The van der Waals surface area contributed by atoms with E-state index < -0.39 is 24.1 Å². The number of ether oxygens (including phenoxy) is 2. The van der Waals surface area contributed by atoms with Gasteiger partial charge in [0, 0.05) is 4.88 Å².